The van der Waals surface area contributed by atoms with Crippen molar-refractivity contribution in [2.24, 2.45) is 17.3 Å². The van der Waals surface area contributed by atoms with Crippen LogP contribution in [-0.4, -0.2) is 17.9 Å². The summed E-state index contributed by atoms with van der Waals surface area (Å²) in [6, 6.07) is 0. The highest BCUT2D eigenvalue weighted by Crippen LogP contribution is 2.53. The van der Waals surface area contributed by atoms with Crippen molar-refractivity contribution >= 4 is 11.8 Å². The van der Waals surface area contributed by atoms with Gasteiger partial charge in [-0.3, -0.25) is 4.79 Å². The van der Waals surface area contributed by atoms with Crippen LogP contribution in [0.5, 0.6) is 0 Å². The van der Waals surface area contributed by atoms with E-state index in [0.717, 1.165) is 24.0 Å². The van der Waals surface area contributed by atoms with Gasteiger partial charge in [0.05, 0.1) is 6.26 Å². The van der Waals surface area contributed by atoms with Crippen molar-refractivity contribution < 1.29 is 18.7 Å². The van der Waals surface area contributed by atoms with Gasteiger partial charge in [-0.25, -0.2) is 4.79 Å². The Hall–Kier alpha value is -1.84. The lowest BCUT2D eigenvalue weighted by Gasteiger charge is -2.49. The van der Waals surface area contributed by atoms with Gasteiger partial charge in [-0.15, -0.1) is 0 Å². The zero-order valence-corrected chi connectivity index (χ0v) is 15.1. The van der Waals surface area contributed by atoms with Gasteiger partial charge in [0, 0.05) is 17.1 Å². The minimum Gasteiger partial charge on any atom is -0.461 e. The maximum atomic E-state index is 13.0. The maximum Gasteiger partial charge on any atom is 0.333 e. The maximum absolute atomic E-state index is 13.0. The molecule has 4 atom stereocenters. The lowest BCUT2D eigenvalue weighted by Crippen LogP contribution is -2.50. The zero-order chi connectivity index (χ0) is 17.6. The molecule has 130 valence electrons. The number of rotatable bonds is 2. The molecule has 4 unspecified atom stereocenters. The number of allylic oxidation sites excluding steroid dienone is 1. The van der Waals surface area contributed by atoms with Crippen LogP contribution in [0.15, 0.2) is 22.3 Å². The van der Waals surface area contributed by atoms with E-state index >= 15 is 0 Å². The molecule has 1 aromatic heterocycles. The molecule has 0 N–H and O–H groups in total. The third-order valence-electron chi connectivity index (χ3n) is 6.27. The van der Waals surface area contributed by atoms with Crippen molar-refractivity contribution in [3.63, 3.8) is 0 Å². The average Bonchev–Trinajstić information content (AvgIpc) is 2.90. The molecule has 0 aromatic carbocycles. The van der Waals surface area contributed by atoms with Crippen molar-refractivity contribution in [2.75, 3.05) is 0 Å². The van der Waals surface area contributed by atoms with Gasteiger partial charge in [-0.1, -0.05) is 19.9 Å². The van der Waals surface area contributed by atoms with E-state index in [1.807, 2.05) is 13.8 Å². The Morgan fingerprint density at radius 2 is 2.12 bits per heavy atom. The molecule has 0 bridgehead atoms. The Morgan fingerprint density at radius 3 is 2.79 bits per heavy atom. The number of esters is 1. The van der Waals surface area contributed by atoms with E-state index in [1.165, 1.54) is 0 Å². The number of ether oxygens (including phenoxy) is 1. The first-order valence-electron chi connectivity index (χ1n) is 8.73. The van der Waals surface area contributed by atoms with Crippen LogP contribution in [0.4, 0.5) is 0 Å². The normalized spacial score (nSPS) is 33.0. The second-order valence-electron chi connectivity index (χ2n) is 7.70. The summed E-state index contributed by atoms with van der Waals surface area (Å²) in [5, 5.41) is 0. The summed E-state index contributed by atoms with van der Waals surface area (Å²) in [4.78, 5) is 25.1. The second-order valence-corrected chi connectivity index (χ2v) is 7.70. The van der Waals surface area contributed by atoms with Crippen LogP contribution in [0.25, 0.3) is 0 Å². The first-order chi connectivity index (χ1) is 11.3. The smallest absolute Gasteiger partial charge is 0.333 e. The van der Waals surface area contributed by atoms with E-state index in [1.54, 1.807) is 19.3 Å². The van der Waals surface area contributed by atoms with Crippen LogP contribution in [0.2, 0.25) is 0 Å². The van der Waals surface area contributed by atoms with Crippen molar-refractivity contribution in [1.29, 1.82) is 0 Å². The van der Waals surface area contributed by atoms with Crippen LogP contribution >= 0.6 is 0 Å². The average molecular weight is 330 g/mol. The Bertz CT molecular complexity index is 711. The standard InChI is InChI=1S/C20H26O4/c1-6-11(2)19(22)24-14-7-13(4)20(5)9-15-12(3)10-23-18(15)17(21)16(20)8-14/h6,10,13-14,16H,7-9H2,1-5H3. The molecular weight excluding hydrogens is 304 g/mol. The number of furan rings is 1. The van der Waals surface area contributed by atoms with Gasteiger partial charge in [-0.2, -0.15) is 0 Å². The summed E-state index contributed by atoms with van der Waals surface area (Å²) in [7, 11) is 0. The highest BCUT2D eigenvalue weighted by Gasteiger charge is 2.53. The van der Waals surface area contributed by atoms with Gasteiger partial charge in [0.25, 0.3) is 0 Å². The van der Waals surface area contributed by atoms with E-state index in [9.17, 15) is 9.59 Å². The topological polar surface area (TPSA) is 56.5 Å². The Morgan fingerprint density at radius 1 is 1.42 bits per heavy atom. The molecule has 0 amide bonds. The molecule has 1 saturated carbocycles. The zero-order valence-electron chi connectivity index (χ0n) is 15.1. The lowest BCUT2D eigenvalue weighted by atomic mass is 9.54. The Balaban J connectivity index is 1.87. The summed E-state index contributed by atoms with van der Waals surface area (Å²) in [5.74, 6) is 0.450. The van der Waals surface area contributed by atoms with E-state index in [-0.39, 0.29) is 29.2 Å². The van der Waals surface area contributed by atoms with E-state index in [0.29, 0.717) is 23.7 Å². The molecule has 2 aliphatic carbocycles. The quantitative estimate of drug-likeness (QED) is 0.600. The lowest BCUT2D eigenvalue weighted by molar-refractivity contribution is -0.150. The van der Waals surface area contributed by atoms with Crippen LogP contribution in [0.1, 0.15) is 62.2 Å². The number of hydrogen-bond acceptors (Lipinski definition) is 4. The summed E-state index contributed by atoms with van der Waals surface area (Å²) in [6.45, 7) is 9.94. The van der Waals surface area contributed by atoms with Gasteiger partial charge in [0.2, 0.25) is 5.78 Å². The number of Topliss-reactive ketones (excluding diaryl/α,β-unsaturated/α-hetero) is 1. The summed E-state index contributed by atoms with van der Waals surface area (Å²) < 4.78 is 11.2. The van der Waals surface area contributed by atoms with Gasteiger partial charge < -0.3 is 9.15 Å². The van der Waals surface area contributed by atoms with Gasteiger partial charge in [-0.05, 0) is 56.9 Å². The van der Waals surface area contributed by atoms with E-state index in [4.69, 9.17) is 9.15 Å². The molecule has 0 radical (unpaired) electrons. The minimum atomic E-state index is -0.281. The predicted octanol–water partition coefficient (Wildman–Crippen LogP) is 4.26. The number of ketones is 1. The third kappa shape index (κ3) is 2.52. The summed E-state index contributed by atoms with van der Waals surface area (Å²) in [5.41, 5.74) is 2.63. The summed E-state index contributed by atoms with van der Waals surface area (Å²) in [6.07, 6.45) is 5.47. The van der Waals surface area contributed by atoms with Crippen LogP contribution in [0.3, 0.4) is 0 Å². The molecule has 24 heavy (non-hydrogen) atoms. The molecule has 1 heterocycles. The van der Waals surface area contributed by atoms with Gasteiger partial charge in [0.1, 0.15) is 6.10 Å². The van der Waals surface area contributed by atoms with Crippen molar-refractivity contribution in [3.05, 3.63) is 34.8 Å². The van der Waals surface area contributed by atoms with Crippen LogP contribution in [-0.2, 0) is 16.0 Å². The fourth-order valence-corrected chi connectivity index (χ4v) is 4.23. The first kappa shape index (κ1) is 17.0. The number of carbonyl (C=O) groups excluding carboxylic acids is 2. The molecular formula is C20H26O4. The molecule has 4 heteroatoms. The van der Waals surface area contributed by atoms with Crippen LogP contribution in [0, 0.1) is 24.2 Å². The van der Waals surface area contributed by atoms with Crippen molar-refractivity contribution in [2.45, 2.75) is 60.0 Å². The molecule has 4 nitrogen and oxygen atoms in total. The number of fused-ring (bicyclic) bond motifs is 2. The fraction of sp³-hybridized carbons (Fsp3) is 0.600. The number of carbonyl (C=O) groups is 2. The number of hydrogen-bond donors (Lipinski definition) is 0. The SMILES string of the molecule is CC=C(C)C(=O)OC1CC(C)C2(C)Cc3c(C)coc3C(=O)C2C1. The molecule has 0 saturated heterocycles. The molecule has 2 aliphatic rings. The molecule has 3 rings (SSSR count). The summed E-state index contributed by atoms with van der Waals surface area (Å²) >= 11 is 0. The van der Waals surface area contributed by atoms with Gasteiger partial charge >= 0.3 is 5.97 Å². The number of aryl methyl sites for hydroxylation is 1. The highest BCUT2D eigenvalue weighted by molar-refractivity contribution is 5.99. The largest absolute Gasteiger partial charge is 0.461 e. The second kappa shape index (κ2) is 5.91. The van der Waals surface area contributed by atoms with Crippen molar-refractivity contribution in [3.8, 4) is 0 Å². The molecule has 0 spiro atoms. The molecule has 1 aromatic rings. The van der Waals surface area contributed by atoms with E-state index < -0.39 is 0 Å². The predicted molar refractivity (Wildman–Crippen MR) is 90.8 cm³/mol. The minimum absolute atomic E-state index is 0.0715. The van der Waals surface area contributed by atoms with E-state index in [2.05, 4.69) is 13.8 Å². The van der Waals surface area contributed by atoms with Crippen molar-refractivity contribution in [1.82, 2.24) is 0 Å². The van der Waals surface area contributed by atoms with Gasteiger partial charge in [0.15, 0.2) is 5.76 Å². The first-order valence-corrected chi connectivity index (χ1v) is 8.73. The monoisotopic (exact) mass is 330 g/mol. The molecule has 0 aliphatic heterocycles. The Kier molecular flexibility index (Phi) is 4.18. The van der Waals surface area contributed by atoms with Crippen LogP contribution < -0.4 is 0 Å². The fourth-order valence-electron chi connectivity index (χ4n) is 4.23. The molecule has 1 fully saturated rings. The Labute approximate surface area is 143 Å². The highest BCUT2D eigenvalue weighted by atomic mass is 16.5. The third-order valence-corrected chi connectivity index (χ3v) is 6.27.